The van der Waals surface area contributed by atoms with E-state index in [-0.39, 0.29) is 12.5 Å². The summed E-state index contributed by atoms with van der Waals surface area (Å²) in [6, 6.07) is 12.1. The first-order valence-corrected chi connectivity index (χ1v) is 9.86. The van der Waals surface area contributed by atoms with Crippen molar-refractivity contribution in [1.29, 1.82) is 0 Å². The Balaban J connectivity index is 1.78. The van der Waals surface area contributed by atoms with Gasteiger partial charge in [-0.2, -0.15) is 5.10 Å². The lowest BCUT2D eigenvalue weighted by molar-refractivity contribution is -0.384. The normalized spacial score (nSPS) is 13.7. The van der Waals surface area contributed by atoms with Gasteiger partial charge in [0.1, 0.15) is 0 Å². The van der Waals surface area contributed by atoms with Gasteiger partial charge in [0.15, 0.2) is 11.5 Å². The van der Waals surface area contributed by atoms with Gasteiger partial charge in [-0.25, -0.2) is 4.68 Å². The van der Waals surface area contributed by atoms with Crippen LogP contribution < -0.4 is 14.3 Å². The molecule has 0 atom stereocenters. The summed E-state index contributed by atoms with van der Waals surface area (Å²) in [5.74, 6) is 1.42. The van der Waals surface area contributed by atoms with E-state index in [2.05, 4.69) is 4.99 Å². The maximum Gasteiger partial charge on any atom is 0.269 e. The second-order valence-corrected chi connectivity index (χ2v) is 7.08. The highest BCUT2D eigenvalue weighted by Crippen LogP contribution is 2.32. The topological polar surface area (TPSA) is 91.2 Å². The maximum atomic E-state index is 10.9. The van der Waals surface area contributed by atoms with Crippen LogP contribution in [0.15, 0.2) is 57.9 Å². The Morgan fingerprint density at radius 1 is 1.21 bits per heavy atom. The molecule has 9 heteroatoms. The van der Waals surface area contributed by atoms with Gasteiger partial charge in [0.05, 0.1) is 16.3 Å². The van der Waals surface area contributed by atoms with E-state index in [1.807, 2.05) is 37.4 Å². The van der Waals surface area contributed by atoms with Gasteiger partial charge in [0, 0.05) is 35.2 Å². The summed E-state index contributed by atoms with van der Waals surface area (Å²) >= 11 is 1.47. The number of rotatable bonds is 5. The van der Waals surface area contributed by atoms with Crippen molar-refractivity contribution in [2.45, 2.75) is 13.8 Å². The molecule has 2 aromatic carbocycles. The molecule has 0 fully saturated rings. The van der Waals surface area contributed by atoms with E-state index in [1.54, 1.807) is 16.8 Å². The fraction of sp³-hybridized carbons (Fsp3) is 0.200. The highest BCUT2D eigenvalue weighted by Gasteiger charge is 2.15. The van der Waals surface area contributed by atoms with E-state index in [0.29, 0.717) is 12.3 Å². The summed E-state index contributed by atoms with van der Waals surface area (Å²) < 4.78 is 12.6. The van der Waals surface area contributed by atoms with Gasteiger partial charge in [-0.1, -0.05) is 0 Å². The molecule has 2 heterocycles. The molecule has 1 aliphatic rings. The molecular weight excluding hydrogens is 392 g/mol. The number of ether oxygens (including phenoxy) is 2. The van der Waals surface area contributed by atoms with Crippen LogP contribution in [-0.4, -0.2) is 28.6 Å². The molecule has 0 spiro atoms. The molecule has 0 saturated carbocycles. The number of fused-ring (bicyclic) bond motifs is 1. The van der Waals surface area contributed by atoms with Crippen molar-refractivity contribution in [3.8, 4) is 22.8 Å². The van der Waals surface area contributed by atoms with Crippen molar-refractivity contribution < 1.29 is 14.4 Å². The fourth-order valence-corrected chi connectivity index (χ4v) is 3.82. The Labute approximate surface area is 170 Å². The van der Waals surface area contributed by atoms with E-state index < -0.39 is 4.92 Å². The summed E-state index contributed by atoms with van der Waals surface area (Å²) in [5.41, 5.74) is 3.38. The van der Waals surface area contributed by atoms with Gasteiger partial charge in [0.25, 0.3) is 5.69 Å². The SMILES string of the molecule is CCN=c1scc(-c2ccc([N+](=O)[O-])cc2)n1N=C(C)c1ccc2c(c1)OCO2. The standard InChI is InChI=1S/C20H18N4O4S/c1-3-21-20-23(17(11-29-20)14-4-7-16(8-5-14)24(25)26)22-13(2)15-6-9-18-19(10-15)28-12-27-18/h4-11H,3,12H2,1-2H3. The fourth-order valence-electron chi connectivity index (χ4n) is 2.92. The molecule has 0 aliphatic carbocycles. The highest BCUT2D eigenvalue weighted by molar-refractivity contribution is 7.07. The third-order valence-electron chi connectivity index (χ3n) is 4.39. The minimum atomic E-state index is -0.411. The molecule has 29 heavy (non-hydrogen) atoms. The van der Waals surface area contributed by atoms with E-state index in [9.17, 15) is 10.1 Å². The molecule has 8 nitrogen and oxygen atoms in total. The number of benzene rings is 2. The molecule has 148 valence electrons. The van der Waals surface area contributed by atoms with Crippen LogP contribution in [0.5, 0.6) is 11.5 Å². The number of hydrogen-bond acceptors (Lipinski definition) is 7. The number of aromatic nitrogens is 1. The summed E-state index contributed by atoms with van der Waals surface area (Å²) in [6.45, 7) is 4.72. The first kappa shape index (κ1) is 18.9. The van der Waals surface area contributed by atoms with Crippen LogP contribution in [-0.2, 0) is 0 Å². The average molecular weight is 410 g/mol. The van der Waals surface area contributed by atoms with Crippen molar-refractivity contribution in [1.82, 2.24) is 4.68 Å². The van der Waals surface area contributed by atoms with Gasteiger partial charge in [0.2, 0.25) is 11.6 Å². The lowest BCUT2D eigenvalue weighted by atomic mass is 10.1. The first-order chi connectivity index (χ1) is 14.1. The summed E-state index contributed by atoms with van der Waals surface area (Å²) in [4.78, 5) is 15.8. The van der Waals surface area contributed by atoms with E-state index in [4.69, 9.17) is 14.6 Å². The molecule has 0 radical (unpaired) electrons. The Bertz CT molecular complexity index is 1160. The van der Waals surface area contributed by atoms with Gasteiger partial charge in [-0.3, -0.25) is 15.1 Å². The predicted octanol–water partition coefficient (Wildman–Crippen LogP) is 4.05. The van der Waals surface area contributed by atoms with Crippen LogP contribution in [0.4, 0.5) is 5.69 Å². The molecule has 4 rings (SSSR count). The molecule has 1 aromatic heterocycles. The van der Waals surface area contributed by atoms with Crippen LogP contribution in [0, 0.1) is 10.1 Å². The monoisotopic (exact) mass is 410 g/mol. The van der Waals surface area contributed by atoms with Gasteiger partial charge < -0.3 is 9.47 Å². The number of thiazole rings is 1. The van der Waals surface area contributed by atoms with E-state index in [1.165, 1.54) is 23.5 Å². The van der Waals surface area contributed by atoms with Crippen molar-refractivity contribution in [3.05, 3.63) is 68.3 Å². The van der Waals surface area contributed by atoms with Gasteiger partial charge in [-0.05, 0) is 44.2 Å². The number of non-ortho nitro benzene ring substituents is 1. The van der Waals surface area contributed by atoms with Crippen LogP contribution in [0.1, 0.15) is 19.4 Å². The van der Waals surface area contributed by atoms with Crippen molar-refractivity contribution in [2.75, 3.05) is 13.3 Å². The number of hydrogen-bond donors (Lipinski definition) is 0. The molecule has 0 unspecified atom stereocenters. The zero-order valence-corrected chi connectivity index (χ0v) is 16.7. The highest BCUT2D eigenvalue weighted by atomic mass is 32.1. The van der Waals surface area contributed by atoms with Crippen LogP contribution >= 0.6 is 11.3 Å². The van der Waals surface area contributed by atoms with E-state index >= 15 is 0 Å². The van der Waals surface area contributed by atoms with Crippen LogP contribution in [0.2, 0.25) is 0 Å². The molecular formula is C20H18N4O4S. The second-order valence-electron chi connectivity index (χ2n) is 6.25. The molecule has 3 aromatic rings. The molecule has 1 aliphatic heterocycles. The molecule has 0 bridgehead atoms. The number of nitro groups is 1. The Kier molecular flexibility index (Phi) is 5.13. The summed E-state index contributed by atoms with van der Waals surface area (Å²) in [7, 11) is 0. The largest absolute Gasteiger partial charge is 0.454 e. The lowest BCUT2D eigenvalue weighted by Gasteiger charge is -2.07. The number of nitrogens with zero attached hydrogens (tertiary/aromatic N) is 4. The molecule has 0 saturated heterocycles. The third-order valence-corrected chi connectivity index (χ3v) is 5.25. The predicted molar refractivity (Wildman–Crippen MR) is 111 cm³/mol. The Morgan fingerprint density at radius 2 is 1.97 bits per heavy atom. The first-order valence-electron chi connectivity index (χ1n) is 8.98. The smallest absolute Gasteiger partial charge is 0.269 e. The molecule has 0 amide bonds. The van der Waals surface area contributed by atoms with Gasteiger partial charge >= 0.3 is 0 Å². The number of nitro benzene ring substituents is 1. The summed E-state index contributed by atoms with van der Waals surface area (Å²) in [5, 5.41) is 17.7. The minimum absolute atomic E-state index is 0.0500. The third kappa shape index (κ3) is 3.77. The van der Waals surface area contributed by atoms with Crippen molar-refractivity contribution >= 4 is 22.7 Å². The van der Waals surface area contributed by atoms with Crippen LogP contribution in [0.3, 0.4) is 0 Å². The van der Waals surface area contributed by atoms with Crippen molar-refractivity contribution in [2.24, 2.45) is 10.1 Å². The van der Waals surface area contributed by atoms with Crippen molar-refractivity contribution in [3.63, 3.8) is 0 Å². The molecule has 0 N–H and O–H groups in total. The average Bonchev–Trinajstić information content (AvgIpc) is 3.35. The second kappa shape index (κ2) is 7.88. The Morgan fingerprint density at radius 3 is 2.69 bits per heavy atom. The summed E-state index contributed by atoms with van der Waals surface area (Å²) in [6.07, 6.45) is 0. The minimum Gasteiger partial charge on any atom is -0.454 e. The van der Waals surface area contributed by atoms with E-state index in [0.717, 1.165) is 33.1 Å². The maximum absolute atomic E-state index is 10.9. The lowest BCUT2D eigenvalue weighted by Crippen LogP contribution is -2.14. The quantitative estimate of drug-likeness (QED) is 0.360. The van der Waals surface area contributed by atoms with Gasteiger partial charge in [-0.15, -0.1) is 11.3 Å². The zero-order valence-electron chi connectivity index (χ0n) is 15.9. The van der Waals surface area contributed by atoms with Crippen LogP contribution in [0.25, 0.3) is 11.3 Å². The Hall–Kier alpha value is -3.46. The zero-order chi connectivity index (χ0) is 20.4.